The third-order valence-electron chi connectivity index (χ3n) is 3.12. The standard InChI is InChI=1S/C12H17NO9S/c1-5(14)13-9-11(19-6(2)15)10-8(4-18-23(17)22-10)21-12(9)20-7(3)16/h8-12H,4H2,1-3H3,(H,13,14). The number of esters is 2. The van der Waals surface area contributed by atoms with Crippen LogP contribution in [0.2, 0.25) is 0 Å². The van der Waals surface area contributed by atoms with E-state index in [4.69, 9.17) is 22.6 Å². The van der Waals surface area contributed by atoms with E-state index in [1.807, 2.05) is 0 Å². The van der Waals surface area contributed by atoms with Crippen molar-refractivity contribution in [3.05, 3.63) is 0 Å². The Bertz CT molecular complexity index is 525. The van der Waals surface area contributed by atoms with Crippen LogP contribution in [-0.4, -0.2) is 59.3 Å². The monoisotopic (exact) mass is 351 g/mol. The van der Waals surface area contributed by atoms with Gasteiger partial charge in [-0.2, -0.15) is 4.21 Å². The van der Waals surface area contributed by atoms with Crippen molar-refractivity contribution in [3.8, 4) is 0 Å². The molecule has 0 spiro atoms. The Morgan fingerprint density at radius 3 is 2.35 bits per heavy atom. The third kappa shape index (κ3) is 4.47. The molecule has 2 fully saturated rings. The topological polar surface area (TPSA) is 126 Å². The number of hydrogen-bond donors (Lipinski definition) is 1. The third-order valence-corrected chi connectivity index (χ3v) is 3.83. The summed E-state index contributed by atoms with van der Waals surface area (Å²) >= 11 is -2.04. The summed E-state index contributed by atoms with van der Waals surface area (Å²) in [6.45, 7) is 3.47. The minimum absolute atomic E-state index is 0.112. The molecule has 2 saturated heterocycles. The van der Waals surface area contributed by atoms with Crippen molar-refractivity contribution >= 4 is 29.2 Å². The van der Waals surface area contributed by atoms with Gasteiger partial charge in [0, 0.05) is 20.8 Å². The summed E-state index contributed by atoms with van der Waals surface area (Å²) in [5.41, 5.74) is 0. The van der Waals surface area contributed by atoms with Crippen LogP contribution in [0.3, 0.4) is 0 Å². The van der Waals surface area contributed by atoms with E-state index < -0.39 is 59.9 Å². The molecule has 6 unspecified atom stereocenters. The second-order valence-electron chi connectivity index (χ2n) is 5.00. The van der Waals surface area contributed by atoms with Gasteiger partial charge in [0.1, 0.15) is 18.2 Å². The highest BCUT2D eigenvalue weighted by molar-refractivity contribution is 7.75. The molecule has 1 amide bonds. The van der Waals surface area contributed by atoms with Gasteiger partial charge in [-0.05, 0) is 0 Å². The van der Waals surface area contributed by atoms with Crippen LogP contribution in [0.1, 0.15) is 20.8 Å². The highest BCUT2D eigenvalue weighted by Crippen LogP contribution is 2.30. The second-order valence-corrected chi connectivity index (χ2v) is 5.84. The molecule has 6 atom stereocenters. The average Bonchev–Trinajstić information content (AvgIpc) is 2.41. The molecular weight excluding hydrogens is 334 g/mol. The van der Waals surface area contributed by atoms with E-state index in [1.54, 1.807) is 0 Å². The van der Waals surface area contributed by atoms with Gasteiger partial charge in [0.15, 0.2) is 6.10 Å². The van der Waals surface area contributed by atoms with Gasteiger partial charge >= 0.3 is 23.3 Å². The predicted molar refractivity (Wildman–Crippen MR) is 72.6 cm³/mol. The first-order valence-corrected chi connectivity index (χ1v) is 7.77. The summed E-state index contributed by atoms with van der Waals surface area (Å²) in [7, 11) is 0. The predicted octanol–water partition coefficient (Wildman–Crippen LogP) is -1.30. The van der Waals surface area contributed by atoms with Crippen molar-refractivity contribution in [2.45, 2.75) is 51.4 Å². The molecule has 130 valence electrons. The highest BCUT2D eigenvalue weighted by Gasteiger charge is 2.53. The van der Waals surface area contributed by atoms with E-state index >= 15 is 0 Å². The summed E-state index contributed by atoms with van der Waals surface area (Å²) in [5.74, 6) is -1.75. The molecule has 2 aliphatic heterocycles. The van der Waals surface area contributed by atoms with Crippen LogP contribution >= 0.6 is 0 Å². The summed E-state index contributed by atoms with van der Waals surface area (Å²) in [4.78, 5) is 34.1. The maximum atomic E-state index is 11.4. The first-order chi connectivity index (χ1) is 10.8. The van der Waals surface area contributed by atoms with Crippen LogP contribution in [0.5, 0.6) is 0 Å². The zero-order chi connectivity index (χ0) is 17.1. The lowest BCUT2D eigenvalue weighted by atomic mass is 9.96. The van der Waals surface area contributed by atoms with Gasteiger partial charge in [-0.1, -0.05) is 0 Å². The number of rotatable bonds is 3. The highest BCUT2D eigenvalue weighted by atomic mass is 32.2. The van der Waals surface area contributed by atoms with Crippen LogP contribution in [0.25, 0.3) is 0 Å². The van der Waals surface area contributed by atoms with E-state index in [-0.39, 0.29) is 6.61 Å². The molecule has 0 saturated carbocycles. The summed E-state index contributed by atoms with van der Waals surface area (Å²) in [6.07, 6.45) is -4.00. The molecule has 2 aliphatic rings. The molecule has 0 aliphatic carbocycles. The van der Waals surface area contributed by atoms with Gasteiger partial charge in [0.05, 0.1) is 6.61 Å². The molecule has 23 heavy (non-hydrogen) atoms. The minimum Gasteiger partial charge on any atom is -0.457 e. The number of ether oxygens (including phenoxy) is 3. The van der Waals surface area contributed by atoms with Gasteiger partial charge in [0.2, 0.25) is 12.2 Å². The summed E-state index contributed by atoms with van der Waals surface area (Å²) in [6, 6.07) is -1.02. The largest absolute Gasteiger partial charge is 0.457 e. The number of fused-ring (bicyclic) bond motifs is 1. The van der Waals surface area contributed by atoms with Crippen molar-refractivity contribution in [1.82, 2.24) is 5.32 Å². The molecule has 0 aromatic rings. The molecule has 2 rings (SSSR count). The van der Waals surface area contributed by atoms with Crippen LogP contribution in [-0.2, 0) is 48.3 Å². The molecule has 0 radical (unpaired) electrons. The molecule has 2 heterocycles. The molecule has 0 aromatic heterocycles. The van der Waals surface area contributed by atoms with Gasteiger partial charge in [0.25, 0.3) is 0 Å². The van der Waals surface area contributed by atoms with E-state index in [9.17, 15) is 18.6 Å². The number of carbonyl (C=O) groups is 3. The second kappa shape index (κ2) is 7.34. The molecule has 1 N–H and O–H groups in total. The van der Waals surface area contributed by atoms with E-state index in [0.717, 1.165) is 0 Å². The van der Waals surface area contributed by atoms with Gasteiger partial charge in [-0.15, -0.1) is 0 Å². The zero-order valence-electron chi connectivity index (χ0n) is 12.7. The lowest BCUT2D eigenvalue weighted by molar-refractivity contribution is -0.266. The molecular formula is C12H17NO9S. The fraction of sp³-hybridized carbons (Fsp3) is 0.750. The SMILES string of the molecule is CC(=O)NC1C(OC(C)=O)OC2COS(=O)OC2C1OC(C)=O. The molecule has 0 aromatic carbocycles. The van der Waals surface area contributed by atoms with E-state index in [2.05, 4.69) is 5.32 Å². The lowest BCUT2D eigenvalue weighted by Crippen LogP contribution is -2.67. The van der Waals surface area contributed by atoms with Crippen LogP contribution in [0.4, 0.5) is 0 Å². The Balaban J connectivity index is 2.31. The fourth-order valence-corrected chi connectivity index (χ4v) is 3.09. The Hall–Kier alpha value is -1.56. The first-order valence-electron chi connectivity index (χ1n) is 6.77. The van der Waals surface area contributed by atoms with E-state index in [0.29, 0.717) is 0 Å². The first kappa shape index (κ1) is 17.8. The molecule has 0 bridgehead atoms. The van der Waals surface area contributed by atoms with Crippen LogP contribution in [0, 0.1) is 0 Å². The zero-order valence-corrected chi connectivity index (χ0v) is 13.5. The van der Waals surface area contributed by atoms with Crippen molar-refractivity contribution in [1.29, 1.82) is 0 Å². The molecule has 10 nitrogen and oxygen atoms in total. The van der Waals surface area contributed by atoms with Gasteiger partial charge in [-0.25, -0.2) is 0 Å². The summed E-state index contributed by atoms with van der Waals surface area (Å²) < 4.78 is 37.2. The van der Waals surface area contributed by atoms with Crippen molar-refractivity contribution in [2.75, 3.05) is 6.61 Å². The van der Waals surface area contributed by atoms with Crippen molar-refractivity contribution in [2.24, 2.45) is 0 Å². The number of nitrogens with one attached hydrogen (secondary N) is 1. The van der Waals surface area contributed by atoms with Crippen molar-refractivity contribution < 1.29 is 41.2 Å². The lowest BCUT2D eigenvalue weighted by Gasteiger charge is -2.45. The average molecular weight is 351 g/mol. The number of carbonyl (C=O) groups excluding carboxylic acids is 3. The number of amides is 1. The quantitative estimate of drug-likeness (QED) is 0.618. The van der Waals surface area contributed by atoms with Gasteiger partial charge < -0.3 is 19.5 Å². The Morgan fingerprint density at radius 1 is 1.13 bits per heavy atom. The Labute approximate surface area is 134 Å². The maximum absolute atomic E-state index is 11.4. The van der Waals surface area contributed by atoms with E-state index in [1.165, 1.54) is 20.8 Å². The minimum atomic E-state index is -2.04. The smallest absolute Gasteiger partial charge is 0.305 e. The fourth-order valence-electron chi connectivity index (χ4n) is 2.38. The van der Waals surface area contributed by atoms with Crippen LogP contribution in [0.15, 0.2) is 0 Å². The Morgan fingerprint density at radius 2 is 1.78 bits per heavy atom. The number of hydrogen-bond acceptors (Lipinski definition) is 9. The van der Waals surface area contributed by atoms with Crippen LogP contribution < -0.4 is 5.32 Å². The maximum Gasteiger partial charge on any atom is 0.305 e. The summed E-state index contributed by atoms with van der Waals surface area (Å²) in [5, 5.41) is 2.50. The van der Waals surface area contributed by atoms with Gasteiger partial charge in [-0.3, -0.25) is 22.7 Å². The van der Waals surface area contributed by atoms with Crippen molar-refractivity contribution in [3.63, 3.8) is 0 Å². The Kier molecular flexibility index (Phi) is 5.68. The normalized spacial score (nSPS) is 36.5. The molecule has 11 heteroatoms.